The first kappa shape index (κ1) is 16.5. The van der Waals surface area contributed by atoms with E-state index in [1.807, 2.05) is 30.3 Å². The highest BCUT2D eigenvalue weighted by molar-refractivity contribution is 5.84. The molecule has 22 heavy (non-hydrogen) atoms. The molecular formula is C16H21NO5. The van der Waals surface area contributed by atoms with Crippen molar-refractivity contribution in [1.82, 2.24) is 4.90 Å². The van der Waals surface area contributed by atoms with E-state index >= 15 is 0 Å². The van der Waals surface area contributed by atoms with Crippen LogP contribution in [0.5, 0.6) is 0 Å². The third-order valence-electron chi connectivity index (χ3n) is 3.71. The number of ether oxygens (including phenoxy) is 2. The van der Waals surface area contributed by atoms with E-state index in [4.69, 9.17) is 4.74 Å². The SMILES string of the molecule is COC(O)CCC(=O)C1CN(C(=O)OCc2ccccc2)C1. The van der Waals surface area contributed by atoms with E-state index in [9.17, 15) is 14.7 Å². The van der Waals surface area contributed by atoms with E-state index in [1.165, 1.54) is 12.0 Å². The summed E-state index contributed by atoms with van der Waals surface area (Å²) in [6.45, 7) is 1.000. The molecule has 1 aliphatic rings. The molecule has 1 aromatic carbocycles. The first-order valence-corrected chi connectivity index (χ1v) is 7.29. The van der Waals surface area contributed by atoms with Crippen LogP contribution < -0.4 is 0 Å². The molecule has 1 aromatic rings. The number of nitrogens with zero attached hydrogens (tertiary/aromatic N) is 1. The quantitative estimate of drug-likeness (QED) is 0.774. The van der Waals surface area contributed by atoms with E-state index in [0.717, 1.165) is 5.56 Å². The zero-order chi connectivity index (χ0) is 15.9. The summed E-state index contributed by atoms with van der Waals surface area (Å²) in [6, 6.07) is 9.44. The van der Waals surface area contributed by atoms with Crippen molar-refractivity contribution >= 4 is 11.9 Å². The van der Waals surface area contributed by atoms with Crippen LogP contribution in [-0.4, -0.2) is 48.4 Å². The number of hydrogen-bond donors (Lipinski definition) is 1. The molecule has 0 bridgehead atoms. The fraction of sp³-hybridized carbons (Fsp3) is 0.500. The van der Waals surface area contributed by atoms with Crippen LogP contribution in [0.3, 0.4) is 0 Å². The van der Waals surface area contributed by atoms with Crippen LogP contribution in [0.15, 0.2) is 30.3 Å². The lowest BCUT2D eigenvalue weighted by Crippen LogP contribution is -2.53. The summed E-state index contributed by atoms with van der Waals surface area (Å²) in [5.74, 6) is -0.114. The lowest BCUT2D eigenvalue weighted by molar-refractivity contribution is -0.131. The maximum atomic E-state index is 11.8. The van der Waals surface area contributed by atoms with E-state index in [1.54, 1.807) is 0 Å². The molecule has 120 valence electrons. The van der Waals surface area contributed by atoms with Gasteiger partial charge in [-0.05, 0) is 5.56 Å². The summed E-state index contributed by atoms with van der Waals surface area (Å²) in [7, 11) is 1.39. The molecule has 1 aliphatic heterocycles. The Bertz CT molecular complexity index is 499. The van der Waals surface area contributed by atoms with Gasteiger partial charge in [-0.15, -0.1) is 0 Å². The van der Waals surface area contributed by atoms with Crippen molar-refractivity contribution in [2.24, 2.45) is 5.92 Å². The second-order valence-electron chi connectivity index (χ2n) is 5.34. The lowest BCUT2D eigenvalue weighted by Gasteiger charge is -2.37. The Kier molecular flexibility index (Phi) is 5.91. The van der Waals surface area contributed by atoms with Gasteiger partial charge in [-0.1, -0.05) is 30.3 Å². The highest BCUT2D eigenvalue weighted by Gasteiger charge is 2.36. The minimum absolute atomic E-state index is 0.0446. The van der Waals surface area contributed by atoms with Crippen LogP contribution in [-0.2, 0) is 20.9 Å². The third-order valence-corrected chi connectivity index (χ3v) is 3.71. The van der Waals surface area contributed by atoms with Gasteiger partial charge in [-0.3, -0.25) is 4.79 Å². The molecule has 0 saturated carbocycles. The average Bonchev–Trinajstić information content (AvgIpc) is 2.50. The van der Waals surface area contributed by atoms with Crippen molar-refractivity contribution in [2.75, 3.05) is 20.2 Å². The van der Waals surface area contributed by atoms with E-state index in [0.29, 0.717) is 13.1 Å². The summed E-state index contributed by atoms with van der Waals surface area (Å²) >= 11 is 0. The monoisotopic (exact) mass is 307 g/mol. The van der Waals surface area contributed by atoms with Crippen LogP contribution >= 0.6 is 0 Å². The molecular weight excluding hydrogens is 286 g/mol. The normalized spacial score (nSPS) is 16.0. The van der Waals surface area contributed by atoms with Gasteiger partial charge in [-0.25, -0.2) is 4.79 Å². The molecule has 0 radical (unpaired) electrons. The summed E-state index contributed by atoms with van der Waals surface area (Å²) in [5.41, 5.74) is 0.928. The number of likely N-dealkylation sites (tertiary alicyclic amines) is 1. The molecule has 0 aromatic heterocycles. The molecule has 1 saturated heterocycles. The fourth-order valence-corrected chi connectivity index (χ4v) is 2.23. The first-order valence-electron chi connectivity index (χ1n) is 7.29. The maximum Gasteiger partial charge on any atom is 0.410 e. The van der Waals surface area contributed by atoms with Crippen LogP contribution in [0.25, 0.3) is 0 Å². The van der Waals surface area contributed by atoms with Crippen LogP contribution in [0.4, 0.5) is 4.79 Å². The summed E-state index contributed by atoms with van der Waals surface area (Å²) in [5, 5.41) is 9.24. The topological polar surface area (TPSA) is 76.1 Å². The summed E-state index contributed by atoms with van der Waals surface area (Å²) in [4.78, 5) is 25.2. The molecule has 0 aliphatic carbocycles. The number of hydrogen-bond acceptors (Lipinski definition) is 5. The minimum Gasteiger partial charge on any atom is -0.445 e. The number of methoxy groups -OCH3 is 1. The molecule has 1 amide bonds. The van der Waals surface area contributed by atoms with Gasteiger partial charge in [0, 0.05) is 33.0 Å². The predicted molar refractivity (Wildman–Crippen MR) is 78.9 cm³/mol. The Balaban J connectivity index is 1.65. The van der Waals surface area contributed by atoms with Gasteiger partial charge in [0.1, 0.15) is 12.4 Å². The van der Waals surface area contributed by atoms with Crippen molar-refractivity contribution in [3.63, 3.8) is 0 Å². The Labute approximate surface area is 129 Å². The second kappa shape index (κ2) is 7.91. The number of carbonyl (C=O) groups excluding carboxylic acids is 2. The molecule has 0 spiro atoms. The first-order chi connectivity index (χ1) is 10.6. The molecule has 1 fully saturated rings. The van der Waals surface area contributed by atoms with Gasteiger partial charge in [0.15, 0.2) is 6.29 Å². The predicted octanol–water partition coefficient (Wildman–Crippen LogP) is 1.57. The highest BCUT2D eigenvalue weighted by atomic mass is 16.6. The minimum atomic E-state index is -0.907. The molecule has 2 rings (SSSR count). The molecule has 6 nitrogen and oxygen atoms in total. The number of ketones is 1. The van der Waals surface area contributed by atoms with E-state index in [-0.39, 0.29) is 31.1 Å². The largest absolute Gasteiger partial charge is 0.445 e. The molecule has 1 atom stereocenters. The zero-order valence-corrected chi connectivity index (χ0v) is 12.6. The van der Waals surface area contributed by atoms with Crippen molar-refractivity contribution in [3.05, 3.63) is 35.9 Å². The summed E-state index contributed by atoms with van der Waals surface area (Å²) in [6.07, 6.45) is -0.766. The lowest BCUT2D eigenvalue weighted by atomic mass is 9.93. The smallest absolute Gasteiger partial charge is 0.410 e. The number of aliphatic hydroxyl groups is 1. The Hall–Kier alpha value is -1.92. The number of carbonyl (C=O) groups is 2. The van der Waals surface area contributed by atoms with E-state index in [2.05, 4.69) is 4.74 Å². The second-order valence-corrected chi connectivity index (χ2v) is 5.34. The van der Waals surface area contributed by atoms with Gasteiger partial charge in [0.05, 0.1) is 5.92 Å². The van der Waals surface area contributed by atoms with Gasteiger partial charge in [-0.2, -0.15) is 0 Å². The Morgan fingerprint density at radius 1 is 1.32 bits per heavy atom. The van der Waals surface area contributed by atoms with Crippen molar-refractivity contribution in [1.29, 1.82) is 0 Å². The number of Topliss-reactive ketones (excluding diaryl/α,β-unsaturated/α-hetero) is 1. The van der Waals surface area contributed by atoms with Crippen molar-refractivity contribution in [2.45, 2.75) is 25.7 Å². The maximum absolute atomic E-state index is 11.8. The van der Waals surface area contributed by atoms with Crippen LogP contribution in [0.1, 0.15) is 18.4 Å². The standard InChI is InChI=1S/C16H21NO5/c1-21-15(19)8-7-14(18)13-9-17(10-13)16(20)22-11-12-5-3-2-4-6-12/h2-6,13,15,19H,7-11H2,1H3. The van der Waals surface area contributed by atoms with Crippen molar-refractivity contribution in [3.8, 4) is 0 Å². The van der Waals surface area contributed by atoms with E-state index < -0.39 is 12.4 Å². The average molecular weight is 307 g/mol. The van der Waals surface area contributed by atoms with Gasteiger partial charge >= 0.3 is 6.09 Å². The Morgan fingerprint density at radius 3 is 2.64 bits per heavy atom. The van der Waals surface area contributed by atoms with Gasteiger partial charge in [0.25, 0.3) is 0 Å². The molecule has 6 heteroatoms. The van der Waals surface area contributed by atoms with Crippen molar-refractivity contribution < 1.29 is 24.2 Å². The Morgan fingerprint density at radius 2 is 2.00 bits per heavy atom. The van der Waals surface area contributed by atoms with Gasteiger partial charge in [0.2, 0.25) is 0 Å². The van der Waals surface area contributed by atoms with Crippen LogP contribution in [0, 0.1) is 5.92 Å². The molecule has 1 unspecified atom stereocenters. The van der Waals surface area contributed by atoms with Gasteiger partial charge < -0.3 is 19.5 Å². The molecule has 1 heterocycles. The molecule has 1 N–H and O–H groups in total. The number of benzene rings is 1. The zero-order valence-electron chi connectivity index (χ0n) is 12.6. The number of aliphatic hydroxyl groups excluding tert-OH is 1. The number of amides is 1. The highest BCUT2D eigenvalue weighted by Crippen LogP contribution is 2.20. The third kappa shape index (κ3) is 4.54. The summed E-state index contributed by atoms with van der Waals surface area (Å²) < 4.78 is 9.88. The fourth-order valence-electron chi connectivity index (χ4n) is 2.23. The number of rotatable bonds is 7. The van der Waals surface area contributed by atoms with Crippen LogP contribution in [0.2, 0.25) is 0 Å².